The molecule has 0 N–H and O–H groups in total. The molecule has 0 aliphatic rings. The summed E-state index contributed by atoms with van der Waals surface area (Å²) < 4.78 is 3.70. The average Bonchev–Trinajstić information content (AvgIpc) is 3.09. The summed E-state index contributed by atoms with van der Waals surface area (Å²) >= 11 is 5.49. The molecule has 130 valence electrons. The van der Waals surface area contributed by atoms with Crippen LogP contribution in [0.2, 0.25) is 0 Å². The van der Waals surface area contributed by atoms with Gasteiger partial charge in [-0.25, -0.2) is 0 Å². The van der Waals surface area contributed by atoms with Crippen molar-refractivity contribution in [2.45, 2.75) is 0 Å². The highest BCUT2D eigenvalue weighted by Gasteiger charge is 2.17. The molecule has 0 fully saturated rings. The minimum absolute atomic E-state index is 1.07. The highest BCUT2D eigenvalue weighted by Crippen LogP contribution is 2.44. The normalized spacial score (nSPS) is 11.1. The second kappa shape index (κ2) is 6.84. The SMILES string of the molecule is Brc1cccc(N(c2ccccc2)c2cccc3c2sc2ccccc23)c1. The first-order valence-corrected chi connectivity index (χ1v) is 10.4. The second-order valence-electron chi connectivity index (χ2n) is 6.40. The van der Waals surface area contributed by atoms with Crippen LogP contribution in [0.15, 0.2) is 102 Å². The van der Waals surface area contributed by atoms with Crippen LogP contribution in [-0.2, 0) is 0 Å². The van der Waals surface area contributed by atoms with Gasteiger partial charge in [0.2, 0.25) is 0 Å². The van der Waals surface area contributed by atoms with Crippen molar-refractivity contribution in [3.63, 3.8) is 0 Å². The Morgan fingerprint density at radius 2 is 1.33 bits per heavy atom. The number of halogens is 1. The van der Waals surface area contributed by atoms with E-state index in [-0.39, 0.29) is 0 Å². The summed E-state index contributed by atoms with van der Waals surface area (Å²) in [5.41, 5.74) is 3.50. The van der Waals surface area contributed by atoms with Crippen molar-refractivity contribution in [2.75, 3.05) is 4.90 Å². The largest absolute Gasteiger partial charge is 0.309 e. The van der Waals surface area contributed by atoms with E-state index in [9.17, 15) is 0 Å². The first-order valence-electron chi connectivity index (χ1n) is 8.82. The quantitative estimate of drug-likeness (QED) is 0.278. The van der Waals surface area contributed by atoms with Gasteiger partial charge in [0.15, 0.2) is 0 Å². The minimum atomic E-state index is 1.07. The molecule has 0 amide bonds. The summed E-state index contributed by atoms with van der Waals surface area (Å²) in [7, 11) is 0. The molecular weight excluding hydrogens is 414 g/mol. The molecule has 3 heteroatoms. The van der Waals surface area contributed by atoms with Crippen molar-refractivity contribution < 1.29 is 0 Å². The summed E-state index contributed by atoms with van der Waals surface area (Å²) in [5, 5.41) is 2.63. The van der Waals surface area contributed by atoms with Gasteiger partial charge in [0.25, 0.3) is 0 Å². The maximum absolute atomic E-state index is 3.63. The van der Waals surface area contributed by atoms with Crippen LogP contribution in [0.3, 0.4) is 0 Å². The molecular formula is C24H16BrNS. The highest BCUT2D eigenvalue weighted by atomic mass is 79.9. The number of hydrogen-bond acceptors (Lipinski definition) is 2. The molecule has 1 aromatic heterocycles. The van der Waals surface area contributed by atoms with Gasteiger partial charge in [0, 0.05) is 31.3 Å². The van der Waals surface area contributed by atoms with Crippen molar-refractivity contribution >= 4 is 64.5 Å². The van der Waals surface area contributed by atoms with Crippen LogP contribution in [0.25, 0.3) is 20.2 Å². The van der Waals surface area contributed by atoms with Gasteiger partial charge >= 0.3 is 0 Å². The molecule has 0 saturated carbocycles. The molecule has 0 aliphatic heterocycles. The third-order valence-corrected chi connectivity index (χ3v) is 6.41. The molecule has 0 saturated heterocycles. The number of nitrogens with zero attached hydrogens (tertiary/aromatic N) is 1. The Kier molecular flexibility index (Phi) is 4.19. The van der Waals surface area contributed by atoms with E-state index in [0.717, 1.165) is 15.8 Å². The Labute approximate surface area is 170 Å². The number of thiophene rings is 1. The van der Waals surface area contributed by atoms with E-state index in [1.54, 1.807) is 0 Å². The lowest BCUT2D eigenvalue weighted by Gasteiger charge is -2.26. The van der Waals surface area contributed by atoms with Crippen molar-refractivity contribution in [1.29, 1.82) is 0 Å². The van der Waals surface area contributed by atoms with Gasteiger partial charge in [0.05, 0.1) is 10.4 Å². The molecule has 0 spiro atoms. The zero-order valence-corrected chi connectivity index (χ0v) is 16.9. The Morgan fingerprint density at radius 1 is 0.630 bits per heavy atom. The standard InChI is InChI=1S/C24H16BrNS/c25-17-8-6-11-19(16-17)26(18-9-2-1-3-10-18)22-14-7-13-21-20-12-4-5-15-23(20)27-24(21)22/h1-16H. The van der Waals surface area contributed by atoms with Gasteiger partial charge in [0.1, 0.15) is 0 Å². The average molecular weight is 430 g/mol. The van der Waals surface area contributed by atoms with E-state index in [4.69, 9.17) is 0 Å². The van der Waals surface area contributed by atoms with Gasteiger partial charge in [-0.2, -0.15) is 0 Å². The Morgan fingerprint density at radius 3 is 2.19 bits per heavy atom. The van der Waals surface area contributed by atoms with Gasteiger partial charge in [-0.15, -0.1) is 11.3 Å². The Balaban J connectivity index is 1.82. The van der Waals surface area contributed by atoms with Crippen LogP contribution in [0.4, 0.5) is 17.1 Å². The lowest BCUT2D eigenvalue weighted by Crippen LogP contribution is -2.09. The lowest BCUT2D eigenvalue weighted by molar-refractivity contribution is 1.30. The van der Waals surface area contributed by atoms with Gasteiger partial charge in [-0.1, -0.05) is 70.5 Å². The number of hydrogen-bond donors (Lipinski definition) is 0. The Bertz CT molecular complexity index is 1240. The van der Waals surface area contributed by atoms with Crippen molar-refractivity contribution in [3.8, 4) is 0 Å². The van der Waals surface area contributed by atoms with Crippen LogP contribution in [0.1, 0.15) is 0 Å². The second-order valence-corrected chi connectivity index (χ2v) is 8.37. The van der Waals surface area contributed by atoms with Crippen LogP contribution >= 0.6 is 27.3 Å². The van der Waals surface area contributed by atoms with Crippen LogP contribution in [0, 0.1) is 0 Å². The zero-order chi connectivity index (χ0) is 18.2. The summed E-state index contributed by atoms with van der Waals surface area (Å²) in [6.07, 6.45) is 0. The Hall–Kier alpha value is -2.62. The lowest BCUT2D eigenvalue weighted by atomic mass is 10.1. The number of benzene rings is 4. The third-order valence-electron chi connectivity index (χ3n) is 4.71. The molecule has 1 nitrogen and oxygen atoms in total. The zero-order valence-electron chi connectivity index (χ0n) is 14.5. The van der Waals surface area contributed by atoms with E-state index >= 15 is 0 Å². The third kappa shape index (κ3) is 2.93. The van der Waals surface area contributed by atoms with Crippen molar-refractivity contribution in [2.24, 2.45) is 0 Å². The van der Waals surface area contributed by atoms with E-state index in [2.05, 4.69) is 118 Å². The number of para-hydroxylation sites is 1. The fourth-order valence-electron chi connectivity index (χ4n) is 3.53. The molecule has 0 bridgehead atoms. The van der Waals surface area contributed by atoms with E-state index < -0.39 is 0 Å². The van der Waals surface area contributed by atoms with E-state index in [0.29, 0.717) is 0 Å². The summed E-state index contributed by atoms with van der Waals surface area (Å²) in [5.74, 6) is 0. The summed E-state index contributed by atoms with van der Waals surface area (Å²) in [4.78, 5) is 2.34. The van der Waals surface area contributed by atoms with Gasteiger partial charge in [-0.05, 0) is 42.5 Å². The number of anilines is 3. The molecule has 1 heterocycles. The molecule has 5 rings (SSSR count). The molecule has 0 aliphatic carbocycles. The fourth-order valence-corrected chi connectivity index (χ4v) is 5.12. The van der Waals surface area contributed by atoms with Gasteiger partial charge in [-0.3, -0.25) is 0 Å². The van der Waals surface area contributed by atoms with E-state index in [1.807, 2.05) is 11.3 Å². The van der Waals surface area contributed by atoms with Crippen LogP contribution < -0.4 is 4.90 Å². The molecule has 27 heavy (non-hydrogen) atoms. The van der Waals surface area contributed by atoms with Crippen molar-refractivity contribution in [1.82, 2.24) is 0 Å². The molecule has 0 unspecified atom stereocenters. The maximum Gasteiger partial charge on any atom is 0.0640 e. The fraction of sp³-hybridized carbons (Fsp3) is 0. The van der Waals surface area contributed by atoms with Crippen LogP contribution in [-0.4, -0.2) is 0 Å². The van der Waals surface area contributed by atoms with Crippen molar-refractivity contribution in [3.05, 3.63) is 102 Å². The predicted octanol–water partition coefficient (Wildman–Crippen LogP) is 8.29. The number of fused-ring (bicyclic) bond motifs is 3. The predicted molar refractivity (Wildman–Crippen MR) is 122 cm³/mol. The first-order chi connectivity index (χ1) is 13.3. The van der Waals surface area contributed by atoms with E-state index in [1.165, 1.54) is 25.9 Å². The highest BCUT2D eigenvalue weighted by molar-refractivity contribution is 9.10. The minimum Gasteiger partial charge on any atom is -0.309 e. The monoisotopic (exact) mass is 429 g/mol. The topological polar surface area (TPSA) is 3.24 Å². The van der Waals surface area contributed by atoms with Gasteiger partial charge < -0.3 is 4.90 Å². The molecule has 0 radical (unpaired) electrons. The summed E-state index contributed by atoms with van der Waals surface area (Å²) in [6, 6.07) is 34.3. The molecule has 0 atom stereocenters. The maximum atomic E-state index is 3.63. The first kappa shape index (κ1) is 16.5. The molecule has 4 aromatic carbocycles. The molecule has 5 aromatic rings. The summed E-state index contributed by atoms with van der Waals surface area (Å²) in [6.45, 7) is 0. The number of rotatable bonds is 3. The smallest absolute Gasteiger partial charge is 0.0640 e. The van der Waals surface area contributed by atoms with Crippen LogP contribution in [0.5, 0.6) is 0 Å².